The average molecular weight is 292 g/mol. The van der Waals surface area contributed by atoms with Crippen LogP contribution < -0.4 is 10.1 Å². The Morgan fingerprint density at radius 3 is 2.67 bits per heavy atom. The molecule has 1 aromatic carbocycles. The number of aryl methyl sites for hydroxylation is 1. The van der Waals surface area contributed by atoms with Gasteiger partial charge in [-0.05, 0) is 25.5 Å². The van der Waals surface area contributed by atoms with E-state index >= 15 is 0 Å². The molecule has 0 radical (unpaired) electrons. The van der Waals surface area contributed by atoms with Crippen LogP contribution in [0.5, 0.6) is 5.75 Å². The Kier molecular flexibility index (Phi) is 4.47. The molecule has 1 heterocycles. The van der Waals surface area contributed by atoms with Crippen LogP contribution in [0.2, 0.25) is 0 Å². The third-order valence-electron chi connectivity index (χ3n) is 3.44. The quantitative estimate of drug-likeness (QED) is 0.803. The van der Waals surface area contributed by atoms with Crippen molar-refractivity contribution in [1.82, 2.24) is 10.2 Å². The first-order chi connectivity index (χ1) is 9.98. The van der Waals surface area contributed by atoms with Crippen molar-refractivity contribution in [3.63, 3.8) is 0 Å². The normalized spacial score (nSPS) is 21.6. The summed E-state index contributed by atoms with van der Waals surface area (Å²) in [7, 11) is 1.49. The lowest BCUT2D eigenvalue weighted by molar-refractivity contribution is -0.132. The molecule has 0 spiro atoms. The van der Waals surface area contributed by atoms with E-state index in [9.17, 15) is 9.59 Å². The molecule has 0 bridgehead atoms. The first-order valence-electron chi connectivity index (χ1n) is 6.79. The zero-order valence-corrected chi connectivity index (χ0v) is 12.5. The number of carbonyl (C=O) groups excluding carboxylic acids is 2. The summed E-state index contributed by atoms with van der Waals surface area (Å²) in [4.78, 5) is 25.3. The highest BCUT2D eigenvalue weighted by atomic mass is 16.5. The lowest BCUT2D eigenvalue weighted by Crippen LogP contribution is -2.48. The summed E-state index contributed by atoms with van der Waals surface area (Å²) in [5.41, 5.74) is 0.0213. The van der Waals surface area contributed by atoms with Gasteiger partial charge >= 0.3 is 6.03 Å². The van der Waals surface area contributed by atoms with Crippen LogP contribution in [0.4, 0.5) is 4.79 Å². The second-order valence-corrected chi connectivity index (χ2v) is 5.27. The predicted molar refractivity (Wildman–Crippen MR) is 77.2 cm³/mol. The van der Waals surface area contributed by atoms with Gasteiger partial charge in [-0.15, -0.1) is 0 Å². The van der Waals surface area contributed by atoms with Gasteiger partial charge in [0.1, 0.15) is 17.9 Å². The third-order valence-corrected chi connectivity index (χ3v) is 3.44. The van der Waals surface area contributed by atoms with Crippen LogP contribution in [0.1, 0.15) is 12.5 Å². The summed E-state index contributed by atoms with van der Waals surface area (Å²) in [6.45, 7) is 4.20. The smallest absolute Gasteiger partial charge is 0.325 e. The molecule has 114 valence electrons. The van der Waals surface area contributed by atoms with E-state index in [0.29, 0.717) is 0 Å². The minimum absolute atomic E-state index is 0.146. The standard InChI is InChI=1S/C15H20N2O4/c1-11-6-4-5-7-12(11)21-9-8-17-13(18)15(2,10-20-3)16-14(17)19/h4-7H,8-10H2,1-3H3,(H,16,19)/t15-/m1/s1. The second kappa shape index (κ2) is 6.13. The van der Waals surface area contributed by atoms with E-state index in [2.05, 4.69) is 5.32 Å². The van der Waals surface area contributed by atoms with Crippen molar-refractivity contribution >= 4 is 11.9 Å². The first-order valence-corrected chi connectivity index (χ1v) is 6.79. The summed E-state index contributed by atoms with van der Waals surface area (Å²) in [5, 5.41) is 2.65. The summed E-state index contributed by atoms with van der Waals surface area (Å²) >= 11 is 0. The fourth-order valence-electron chi connectivity index (χ4n) is 2.30. The average Bonchev–Trinajstić information content (AvgIpc) is 2.64. The number of benzene rings is 1. The highest BCUT2D eigenvalue weighted by molar-refractivity contribution is 6.06. The number of ether oxygens (including phenoxy) is 2. The number of urea groups is 1. The van der Waals surface area contributed by atoms with E-state index in [4.69, 9.17) is 9.47 Å². The van der Waals surface area contributed by atoms with Crippen molar-refractivity contribution in [2.75, 3.05) is 26.9 Å². The molecule has 1 aliphatic heterocycles. The summed E-state index contributed by atoms with van der Waals surface area (Å²) in [6.07, 6.45) is 0. The maximum Gasteiger partial charge on any atom is 0.325 e. The highest BCUT2D eigenvalue weighted by Crippen LogP contribution is 2.19. The third kappa shape index (κ3) is 3.16. The Balaban J connectivity index is 1.93. The molecular weight excluding hydrogens is 272 g/mol. The Morgan fingerprint density at radius 2 is 2.00 bits per heavy atom. The number of methoxy groups -OCH3 is 1. The van der Waals surface area contributed by atoms with E-state index in [0.717, 1.165) is 16.2 Å². The van der Waals surface area contributed by atoms with Crippen LogP contribution in [0.15, 0.2) is 24.3 Å². The summed E-state index contributed by atoms with van der Waals surface area (Å²) in [6, 6.07) is 7.20. The molecule has 0 aromatic heterocycles. The summed E-state index contributed by atoms with van der Waals surface area (Å²) < 4.78 is 10.6. The van der Waals surface area contributed by atoms with Gasteiger partial charge in [-0.1, -0.05) is 18.2 Å². The summed E-state index contributed by atoms with van der Waals surface area (Å²) in [5.74, 6) is 0.465. The van der Waals surface area contributed by atoms with Crippen LogP contribution >= 0.6 is 0 Å². The second-order valence-electron chi connectivity index (χ2n) is 5.27. The van der Waals surface area contributed by atoms with Gasteiger partial charge in [0.05, 0.1) is 13.2 Å². The zero-order valence-electron chi connectivity index (χ0n) is 12.5. The van der Waals surface area contributed by atoms with Crippen LogP contribution in [0, 0.1) is 6.92 Å². The molecule has 1 aromatic rings. The number of amides is 3. The van der Waals surface area contributed by atoms with E-state index in [1.165, 1.54) is 7.11 Å². The molecule has 21 heavy (non-hydrogen) atoms. The molecule has 1 fully saturated rings. The van der Waals surface area contributed by atoms with E-state index in [1.807, 2.05) is 31.2 Å². The van der Waals surface area contributed by atoms with E-state index in [1.54, 1.807) is 6.92 Å². The SMILES string of the molecule is COC[C@@]1(C)NC(=O)N(CCOc2ccccc2C)C1=O. The van der Waals surface area contributed by atoms with E-state index in [-0.39, 0.29) is 25.7 Å². The number of para-hydroxylation sites is 1. The first kappa shape index (κ1) is 15.3. The molecule has 1 N–H and O–H groups in total. The number of carbonyl (C=O) groups is 2. The predicted octanol–water partition coefficient (Wildman–Crippen LogP) is 1.33. The molecule has 3 amide bonds. The van der Waals surface area contributed by atoms with E-state index < -0.39 is 11.6 Å². The van der Waals surface area contributed by atoms with Crippen LogP contribution in [-0.4, -0.2) is 49.2 Å². The molecule has 0 saturated carbocycles. The topological polar surface area (TPSA) is 67.9 Å². The number of hydrogen-bond acceptors (Lipinski definition) is 4. The van der Waals surface area contributed by atoms with Gasteiger partial charge in [0.15, 0.2) is 0 Å². The molecular formula is C15H20N2O4. The number of nitrogens with one attached hydrogen (secondary N) is 1. The minimum Gasteiger partial charge on any atom is -0.491 e. The van der Waals surface area contributed by atoms with Gasteiger partial charge in [-0.2, -0.15) is 0 Å². The molecule has 2 rings (SSSR count). The molecule has 1 atom stereocenters. The monoisotopic (exact) mass is 292 g/mol. The van der Waals surface area contributed by atoms with Crippen molar-refractivity contribution in [1.29, 1.82) is 0 Å². The van der Waals surface area contributed by atoms with Crippen molar-refractivity contribution in [2.45, 2.75) is 19.4 Å². The molecule has 0 unspecified atom stereocenters. The van der Waals surface area contributed by atoms with Crippen LogP contribution in [-0.2, 0) is 9.53 Å². The fourth-order valence-corrected chi connectivity index (χ4v) is 2.30. The van der Waals surface area contributed by atoms with Gasteiger partial charge < -0.3 is 14.8 Å². The Labute approximate surface area is 124 Å². The maximum absolute atomic E-state index is 12.2. The van der Waals surface area contributed by atoms with Crippen molar-refractivity contribution < 1.29 is 19.1 Å². The highest BCUT2D eigenvalue weighted by Gasteiger charge is 2.47. The largest absolute Gasteiger partial charge is 0.491 e. The fraction of sp³-hybridized carbons (Fsp3) is 0.467. The molecule has 6 heteroatoms. The molecule has 1 saturated heterocycles. The van der Waals surface area contributed by atoms with Gasteiger partial charge in [-0.25, -0.2) is 4.79 Å². The Hall–Kier alpha value is -2.08. The van der Waals surface area contributed by atoms with Crippen molar-refractivity contribution in [3.8, 4) is 5.75 Å². The van der Waals surface area contributed by atoms with Crippen LogP contribution in [0.3, 0.4) is 0 Å². The lowest BCUT2D eigenvalue weighted by Gasteiger charge is -2.20. The lowest BCUT2D eigenvalue weighted by atomic mass is 10.0. The number of imide groups is 1. The van der Waals surface area contributed by atoms with Crippen molar-refractivity contribution in [2.24, 2.45) is 0 Å². The molecule has 6 nitrogen and oxygen atoms in total. The molecule has 1 aliphatic rings. The van der Waals surface area contributed by atoms with Gasteiger partial charge in [0.2, 0.25) is 0 Å². The van der Waals surface area contributed by atoms with Gasteiger partial charge in [0.25, 0.3) is 5.91 Å². The zero-order chi connectivity index (χ0) is 15.5. The van der Waals surface area contributed by atoms with Crippen molar-refractivity contribution in [3.05, 3.63) is 29.8 Å². The van der Waals surface area contributed by atoms with Crippen LogP contribution in [0.25, 0.3) is 0 Å². The van der Waals surface area contributed by atoms with Gasteiger partial charge in [0, 0.05) is 7.11 Å². The number of hydrogen-bond donors (Lipinski definition) is 1. The number of rotatable bonds is 6. The number of nitrogens with zero attached hydrogens (tertiary/aromatic N) is 1. The minimum atomic E-state index is -0.992. The Bertz CT molecular complexity index is 546. The maximum atomic E-state index is 12.2. The Morgan fingerprint density at radius 1 is 1.29 bits per heavy atom. The van der Waals surface area contributed by atoms with Gasteiger partial charge in [-0.3, -0.25) is 9.69 Å². The molecule has 0 aliphatic carbocycles.